The lowest BCUT2D eigenvalue weighted by atomic mass is 10.0. The first-order valence-corrected chi connectivity index (χ1v) is 7.09. The van der Waals surface area contributed by atoms with Gasteiger partial charge in [-0.25, -0.2) is 0 Å². The van der Waals surface area contributed by atoms with E-state index in [4.69, 9.17) is 5.73 Å². The molecule has 0 unspecified atom stereocenters. The summed E-state index contributed by atoms with van der Waals surface area (Å²) in [6.45, 7) is 6.26. The van der Waals surface area contributed by atoms with Crippen molar-refractivity contribution in [3.05, 3.63) is 36.7 Å². The van der Waals surface area contributed by atoms with Crippen molar-refractivity contribution in [2.45, 2.75) is 39.3 Å². The molecule has 1 aromatic carbocycles. The van der Waals surface area contributed by atoms with Crippen LogP contribution in [0.4, 0.5) is 5.69 Å². The van der Waals surface area contributed by atoms with Gasteiger partial charge in [-0.2, -0.15) is 5.10 Å². The van der Waals surface area contributed by atoms with Crippen LogP contribution in [0.3, 0.4) is 0 Å². The Balaban J connectivity index is 2.08. The third-order valence-electron chi connectivity index (χ3n) is 3.57. The van der Waals surface area contributed by atoms with Crippen molar-refractivity contribution in [2.24, 2.45) is 0 Å². The van der Waals surface area contributed by atoms with Gasteiger partial charge in [-0.3, -0.25) is 9.48 Å². The predicted octanol–water partition coefficient (Wildman–Crippen LogP) is 2.44. The zero-order valence-electron chi connectivity index (χ0n) is 12.8. The van der Waals surface area contributed by atoms with Crippen molar-refractivity contribution in [3.8, 4) is 11.1 Å². The summed E-state index contributed by atoms with van der Waals surface area (Å²) >= 11 is 0. The molecule has 0 atom stereocenters. The molecule has 3 N–H and O–H groups in total. The molecule has 112 valence electrons. The Morgan fingerprint density at radius 1 is 1.38 bits per heavy atom. The molecule has 21 heavy (non-hydrogen) atoms. The summed E-state index contributed by atoms with van der Waals surface area (Å²) in [6, 6.07) is 7.61. The van der Waals surface area contributed by atoms with Gasteiger partial charge in [-0.15, -0.1) is 0 Å². The van der Waals surface area contributed by atoms with Crippen LogP contribution in [-0.4, -0.2) is 21.2 Å². The van der Waals surface area contributed by atoms with Crippen LogP contribution in [0.5, 0.6) is 0 Å². The first-order chi connectivity index (χ1) is 9.91. The number of carbonyl (C=O) groups excluding carboxylic acids is 1. The van der Waals surface area contributed by atoms with Gasteiger partial charge < -0.3 is 11.1 Å². The molecule has 0 aliphatic carbocycles. The van der Waals surface area contributed by atoms with E-state index in [1.807, 2.05) is 51.2 Å². The lowest BCUT2D eigenvalue weighted by molar-refractivity contribution is -0.123. The van der Waals surface area contributed by atoms with Crippen molar-refractivity contribution in [2.75, 3.05) is 5.73 Å². The minimum atomic E-state index is -0.197. The van der Waals surface area contributed by atoms with Crippen LogP contribution in [0.15, 0.2) is 36.7 Å². The lowest BCUT2D eigenvalue weighted by Crippen LogP contribution is -2.44. The molecular weight excluding hydrogens is 264 g/mol. The number of nitrogen functional groups attached to an aromatic ring is 1. The molecule has 0 aliphatic rings. The van der Waals surface area contributed by atoms with E-state index in [2.05, 4.69) is 10.4 Å². The second-order valence-corrected chi connectivity index (χ2v) is 5.80. The number of benzene rings is 1. The molecule has 0 saturated carbocycles. The summed E-state index contributed by atoms with van der Waals surface area (Å²) in [5.74, 6) is -0.0440. The minimum absolute atomic E-state index is 0.0440. The van der Waals surface area contributed by atoms with E-state index in [9.17, 15) is 4.79 Å². The molecule has 5 nitrogen and oxygen atoms in total. The van der Waals surface area contributed by atoms with Crippen molar-refractivity contribution in [1.29, 1.82) is 0 Å². The van der Waals surface area contributed by atoms with E-state index < -0.39 is 0 Å². The third-order valence-corrected chi connectivity index (χ3v) is 3.57. The number of nitrogens with zero attached hydrogens (tertiary/aromatic N) is 2. The highest BCUT2D eigenvalue weighted by Crippen LogP contribution is 2.24. The highest BCUT2D eigenvalue weighted by Gasteiger charge is 2.18. The quantitative estimate of drug-likeness (QED) is 0.829. The molecule has 2 aromatic rings. The molecule has 1 heterocycles. The molecule has 1 amide bonds. The van der Waals surface area contributed by atoms with Crippen LogP contribution in [0.25, 0.3) is 11.1 Å². The van der Waals surface area contributed by atoms with Crippen molar-refractivity contribution in [1.82, 2.24) is 15.1 Å². The number of rotatable bonds is 5. The smallest absolute Gasteiger partial charge is 0.242 e. The third kappa shape index (κ3) is 3.84. The largest absolute Gasteiger partial charge is 0.398 e. The van der Waals surface area contributed by atoms with Gasteiger partial charge in [0.25, 0.3) is 0 Å². The zero-order chi connectivity index (χ0) is 15.5. The number of nitrogens with one attached hydrogen (secondary N) is 1. The van der Waals surface area contributed by atoms with Crippen LogP contribution in [0.1, 0.15) is 27.2 Å². The maximum Gasteiger partial charge on any atom is 0.242 e. The van der Waals surface area contributed by atoms with Crippen LogP contribution < -0.4 is 11.1 Å². The van der Waals surface area contributed by atoms with Crippen LogP contribution in [0, 0.1) is 0 Å². The zero-order valence-corrected chi connectivity index (χ0v) is 12.8. The lowest BCUT2D eigenvalue weighted by Gasteiger charge is -2.24. The fourth-order valence-corrected chi connectivity index (χ4v) is 2.00. The van der Waals surface area contributed by atoms with Gasteiger partial charge in [0, 0.05) is 28.6 Å². The monoisotopic (exact) mass is 286 g/mol. The van der Waals surface area contributed by atoms with Crippen LogP contribution >= 0.6 is 0 Å². The Hall–Kier alpha value is -2.30. The van der Waals surface area contributed by atoms with Gasteiger partial charge in [-0.05, 0) is 26.3 Å². The number of aromatic nitrogens is 2. The molecule has 0 saturated heterocycles. The molecule has 2 rings (SSSR count). The summed E-state index contributed by atoms with van der Waals surface area (Å²) < 4.78 is 1.63. The van der Waals surface area contributed by atoms with E-state index in [0.29, 0.717) is 5.69 Å². The second-order valence-electron chi connectivity index (χ2n) is 5.80. The fourth-order valence-electron chi connectivity index (χ4n) is 2.00. The number of hydrogen-bond acceptors (Lipinski definition) is 3. The summed E-state index contributed by atoms with van der Waals surface area (Å²) in [5.41, 5.74) is 8.29. The van der Waals surface area contributed by atoms with Gasteiger partial charge in [0.1, 0.15) is 6.54 Å². The van der Waals surface area contributed by atoms with Gasteiger partial charge >= 0.3 is 0 Å². The molecule has 0 aliphatic heterocycles. The Morgan fingerprint density at radius 3 is 2.76 bits per heavy atom. The van der Waals surface area contributed by atoms with Gasteiger partial charge in [0.05, 0.1) is 6.20 Å². The number of para-hydroxylation sites is 1. The van der Waals surface area contributed by atoms with E-state index in [-0.39, 0.29) is 18.0 Å². The van der Waals surface area contributed by atoms with Gasteiger partial charge in [0.15, 0.2) is 0 Å². The summed E-state index contributed by atoms with van der Waals surface area (Å²) in [7, 11) is 0. The van der Waals surface area contributed by atoms with Crippen LogP contribution in [-0.2, 0) is 11.3 Å². The molecule has 0 bridgehead atoms. The molecule has 0 fully saturated rings. The van der Waals surface area contributed by atoms with E-state index >= 15 is 0 Å². The molecular formula is C16H22N4O. The van der Waals surface area contributed by atoms with E-state index in [1.54, 1.807) is 10.9 Å². The Kier molecular flexibility index (Phi) is 4.31. The van der Waals surface area contributed by atoms with Gasteiger partial charge in [0.2, 0.25) is 5.91 Å². The Bertz CT molecular complexity index is 631. The van der Waals surface area contributed by atoms with Crippen LogP contribution in [0.2, 0.25) is 0 Å². The predicted molar refractivity (Wildman–Crippen MR) is 84.6 cm³/mol. The number of amides is 1. The number of nitrogens with two attached hydrogens (primary N) is 1. The number of carbonyl (C=O) groups is 1. The maximum atomic E-state index is 12.0. The SMILES string of the molecule is CCC(C)(C)NC(=O)Cn1cc(-c2ccccc2N)cn1. The van der Waals surface area contributed by atoms with Crippen molar-refractivity contribution >= 4 is 11.6 Å². The summed E-state index contributed by atoms with van der Waals surface area (Å²) in [5, 5.41) is 7.22. The topological polar surface area (TPSA) is 72.9 Å². The maximum absolute atomic E-state index is 12.0. The summed E-state index contributed by atoms with van der Waals surface area (Å²) in [4.78, 5) is 12.0. The number of hydrogen-bond donors (Lipinski definition) is 2. The molecule has 0 radical (unpaired) electrons. The second kappa shape index (κ2) is 5.99. The first kappa shape index (κ1) is 15.1. The Morgan fingerprint density at radius 2 is 2.10 bits per heavy atom. The molecule has 5 heteroatoms. The van der Waals surface area contributed by atoms with Crippen molar-refractivity contribution in [3.63, 3.8) is 0 Å². The molecule has 0 spiro atoms. The Labute approximate surface area is 125 Å². The minimum Gasteiger partial charge on any atom is -0.398 e. The average molecular weight is 286 g/mol. The highest BCUT2D eigenvalue weighted by molar-refractivity contribution is 5.77. The van der Waals surface area contributed by atoms with Gasteiger partial charge in [-0.1, -0.05) is 25.1 Å². The summed E-state index contributed by atoms with van der Waals surface area (Å²) in [6.07, 6.45) is 4.44. The fraction of sp³-hybridized carbons (Fsp3) is 0.375. The standard InChI is InChI=1S/C16H22N4O/c1-4-16(2,3)19-15(21)11-20-10-12(9-18-20)13-7-5-6-8-14(13)17/h5-10H,4,11,17H2,1-3H3,(H,19,21). The average Bonchev–Trinajstić information content (AvgIpc) is 2.86. The normalized spacial score (nSPS) is 11.4. The van der Waals surface area contributed by atoms with E-state index in [0.717, 1.165) is 17.5 Å². The number of anilines is 1. The first-order valence-electron chi connectivity index (χ1n) is 7.09. The highest BCUT2D eigenvalue weighted by atomic mass is 16.2. The van der Waals surface area contributed by atoms with Crippen molar-refractivity contribution < 1.29 is 4.79 Å². The molecule has 1 aromatic heterocycles. The van der Waals surface area contributed by atoms with E-state index in [1.165, 1.54) is 0 Å².